The highest BCUT2D eigenvalue weighted by atomic mass is 16.6. The molecule has 0 aliphatic heterocycles. The van der Waals surface area contributed by atoms with E-state index in [-0.39, 0.29) is 11.4 Å². The third kappa shape index (κ3) is 2.29. The number of nitrogens with zero attached hydrogens (tertiary/aromatic N) is 1. The quantitative estimate of drug-likeness (QED) is 0.311. The zero-order valence-corrected chi connectivity index (χ0v) is 7.52. The third-order valence-corrected chi connectivity index (χ3v) is 1.51. The van der Waals surface area contributed by atoms with Crippen molar-refractivity contribution in [3.05, 3.63) is 40.8 Å². The lowest BCUT2D eigenvalue weighted by Gasteiger charge is -2.03. The first kappa shape index (κ1) is 10.2. The Balaban J connectivity index is 3.01. The van der Waals surface area contributed by atoms with E-state index in [9.17, 15) is 14.9 Å². The predicted octanol–water partition coefficient (Wildman–Crippen LogP) is 1.70. The van der Waals surface area contributed by atoms with E-state index >= 15 is 0 Å². The maximum absolute atomic E-state index is 10.6. The Morgan fingerprint density at radius 1 is 1.57 bits per heavy atom. The van der Waals surface area contributed by atoms with Gasteiger partial charge in [0.25, 0.3) is 5.69 Å². The van der Waals surface area contributed by atoms with Gasteiger partial charge in [0.2, 0.25) is 0 Å². The Morgan fingerprint density at radius 2 is 2.21 bits per heavy atom. The molecule has 5 nitrogen and oxygen atoms in total. The number of non-ortho nitro benzene ring substituents is 1. The summed E-state index contributed by atoms with van der Waals surface area (Å²) in [5.74, 6) is -0.244. The molecule has 0 atom stereocenters. The number of ether oxygens (including phenoxy) is 1. The third-order valence-electron chi connectivity index (χ3n) is 1.51. The number of nitro groups is 1. The van der Waals surface area contributed by atoms with Crippen LogP contribution < -0.4 is 4.74 Å². The van der Waals surface area contributed by atoms with Crippen molar-refractivity contribution in [2.24, 2.45) is 0 Å². The molecule has 73 valence electrons. The van der Waals surface area contributed by atoms with Crippen molar-refractivity contribution in [2.45, 2.75) is 6.92 Å². The molecular formula is C9H8NO4. The van der Waals surface area contributed by atoms with Crippen molar-refractivity contribution in [1.82, 2.24) is 0 Å². The lowest BCUT2D eigenvalue weighted by atomic mass is 10.2. The van der Waals surface area contributed by atoms with Crippen molar-refractivity contribution in [2.75, 3.05) is 0 Å². The molecule has 1 radical (unpaired) electrons. The molecule has 0 bridgehead atoms. The van der Waals surface area contributed by atoms with Gasteiger partial charge in [-0.25, -0.2) is 0 Å². The number of carbonyl (C=O) groups is 1. The molecule has 0 aliphatic rings. The maximum Gasteiger partial charge on any atom is 0.308 e. The maximum atomic E-state index is 10.6. The van der Waals surface area contributed by atoms with Crippen LogP contribution in [0, 0.1) is 17.0 Å². The van der Waals surface area contributed by atoms with Crippen LogP contribution in [0.5, 0.6) is 5.75 Å². The molecule has 0 saturated carbocycles. The van der Waals surface area contributed by atoms with Crippen LogP contribution in [0.3, 0.4) is 0 Å². The zero-order chi connectivity index (χ0) is 10.7. The molecule has 5 heteroatoms. The van der Waals surface area contributed by atoms with Crippen LogP contribution in [0.25, 0.3) is 0 Å². The van der Waals surface area contributed by atoms with Crippen LogP contribution in [0.15, 0.2) is 18.2 Å². The molecule has 1 aromatic carbocycles. The summed E-state index contributed by atoms with van der Waals surface area (Å²) in [5, 5.41) is 10.4. The summed E-state index contributed by atoms with van der Waals surface area (Å²) >= 11 is 0. The fourth-order valence-corrected chi connectivity index (χ4v) is 0.934. The average molecular weight is 194 g/mol. The summed E-state index contributed by atoms with van der Waals surface area (Å²) < 4.78 is 4.76. The minimum absolute atomic E-state index is 0.0779. The van der Waals surface area contributed by atoms with Crippen molar-refractivity contribution >= 4 is 11.7 Å². The van der Waals surface area contributed by atoms with E-state index in [0.29, 0.717) is 5.56 Å². The van der Waals surface area contributed by atoms with Crippen molar-refractivity contribution in [1.29, 1.82) is 0 Å². The smallest absolute Gasteiger partial charge is 0.308 e. The zero-order valence-electron chi connectivity index (χ0n) is 7.52. The van der Waals surface area contributed by atoms with Crippen LogP contribution in [0.2, 0.25) is 0 Å². The second-order valence-electron chi connectivity index (χ2n) is 2.64. The molecule has 0 saturated heterocycles. The highest BCUT2D eigenvalue weighted by molar-refractivity contribution is 5.70. The molecule has 0 aliphatic carbocycles. The van der Waals surface area contributed by atoms with Gasteiger partial charge in [0.05, 0.1) is 4.92 Å². The van der Waals surface area contributed by atoms with Crippen LogP contribution in [-0.2, 0) is 4.79 Å². The highest BCUT2D eigenvalue weighted by Crippen LogP contribution is 2.23. The van der Waals surface area contributed by atoms with Crippen molar-refractivity contribution in [3.8, 4) is 5.75 Å². The normalized spacial score (nSPS) is 9.57. The molecular weight excluding hydrogens is 186 g/mol. The molecule has 0 spiro atoms. The molecule has 1 aromatic rings. The van der Waals surface area contributed by atoms with E-state index in [1.54, 1.807) is 0 Å². The summed E-state index contributed by atoms with van der Waals surface area (Å²) in [6.07, 6.45) is 0. The van der Waals surface area contributed by atoms with E-state index in [2.05, 4.69) is 6.92 Å². The van der Waals surface area contributed by atoms with Crippen LogP contribution >= 0.6 is 0 Å². The molecule has 0 amide bonds. The van der Waals surface area contributed by atoms with Crippen LogP contribution in [0.1, 0.15) is 12.5 Å². The minimum Gasteiger partial charge on any atom is -0.426 e. The Bertz CT molecular complexity index is 386. The number of hydrogen-bond acceptors (Lipinski definition) is 4. The monoisotopic (exact) mass is 194 g/mol. The molecule has 0 aromatic heterocycles. The summed E-state index contributed by atoms with van der Waals surface area (Å²) in [5.41, 5.74) is 0.236. The van der Waals surface area contributed by atoms with Gasteiger partial charge in [-0.3, -0.25) is 14.9 Å². The Kier molecular flexibility index (Phi) is 2.81. The minimum atomic E-state index is -0.535. The Morgan fingerprint density at radius 3 is 2.64 bits per heavy atom. The van der Waals surface area contributed by atoms with Gasteiger partial charge in [-0.2, -0.15) is 0 Å². The van der Waals surface area contributed by atoms with E-state index in [1.807, 2.05) is 0 Å². The number of carbonyl (C=O) groups excluding carboxylic acids is 1. The first-order chi connectivity index (χ1) is 6.50. The van der Waals surface area contributed by atoms with Gasteiger partial charge in [0.1, 0.15) is 5.75 Å². The van der Waals surface area contributed by atoms with Gasteiger partial charge in [-0.15, -0.1) is 0 Å². The van der Waals surface area contributed by atoms with Gasteiger partial charge in [0, 0.05) is 24.6 Å². The summed E-state index contributed by atoms with van der Waals surface area (Å²) in [7, 11) is 0. The van der Waals surface area contributed by atoms with Crippen LogP contribution in [0.4, 0.5) is 5.69 Å². The fourth-order valence-electron chi connectivity index (χ4n) is 0.934. The number of hydrogen-bond donors (Lipinski definition) is 0. The van der Waals surface area contributed by atoms with Crippen molar-refractivity contribution < 1.29 is 14.5 Å². The Labute approximate surface area is 80.5 Å². The van der Waals surface area contributed by atoms with E-state index in [1.165, 1.54) is 25.1 Å². The summed E-state index contributed by atoms with van der Waals surface area (Å²) in [6.45, 7) is 4.79. The molecule has 0 unspecified atom stereocenters. The van der Waals surface area contributed by atoms with Gasteiger partial charge in [0.15, 0.2) is 0 Å². The van der Waals surface area contributed by atoms with Gasteiger partial charge >= 0.3 is 5.97 Å². The molecule has 14 heavy (non-hydrogen) atoms. The second kappa shape index (κ2) is 3.87. The molecule has 0 fully saturated rings. The van der Waals surface area contributed by atoms with Crippen molar-refractivity contribution in [3.63, 3.8) is 0 Å². The van der Waals surface area contributed by atoms with E-state index < -0.39 is 10.9 Å². The Hall–Kier alpha value is -1.91. The lowest BCUT2D eigenvalue weighted by molar-refractivity contribution is -0.384. The number of benzene rings is 1. The van der Waals surface area contributed by atoms with Gasteiger partial charge in [-0.05, 0) is 13.0 Å². The SMILES string of the molecule is [CH2]c1cc([N+](=O)[O-])ccc1OC(C)=O. The van der Waals surface area contributed by atoms with Gasteiger partial charge in [-0.1, -0.05) is 0 Å². The standard InChI is InChI=1S/C9H8NO4/c1-6-5-8(10(12)13)3-4-9(6)14-7(2)11/h3-5H,1H2,2H3. The predicted molar refractivity (Wildman–Crippen MR) is 48.9 cm³/mol. The van der Waals surface area contributed by atoms with E-state index in [4.69, 9.17) is 4.74 Å². The first-order valence-corrected chi connectivity index (χ1v) is 3.79. The van der Waals surface area contributed by atoms with E-state index in [0.717, 1.165) is 0 Å². The molecule has 0 N–H and O–H groups in total. The largest absolute Gasteiger partial charge is 0.426 e. The topological polar surface area (TPSA) is 69.4 Å². The summed E-state index contributed by atoms with van der Waals surface area (Å²) in [4.78, 5) is 20.4. The average Bonchev–Trinajstić information content (AvgIpc) is 2.07. The first-order valence-electron chi connectivity index (χ1n) is 3.79. The number of nitro benzene ring substituents is 1. The molecule has 0 heterocycles. The lowest BCUT2D eigenvalue weighted by Crippen LogP contribution is -2.03. The second-order valence-corrected chi connectivity index (χ2v) is 2.64. The van der Waals surface area contributed by atoms with Gasteiger partial charge < -0.3 is 4.74 Å². The highest BCUT2D eigenvalue weighted by Gasteiger charge is 2.09. The fraction of sp³-hybridized carbons (Fsp3) is 0.111. The van der Waals surface area contributed by atoms with Crippen LogP contribution in [-0.4, -0.2) is 10.9 Å². The number of esters is 1. The number of rotatable bonds is 2. The molecule has 1 rings (SSSR count). The summed E-state index contributed by atoms with van der Waals surface area (Å²) in [6, 6.07) is 3.85.